The number of rotatable bonds is 5. The van der Waals surface area contributed by atoms with E-state index in [4.69, 9.17) is 4.42 Å². The van der Waals surface area contributed by atoms with E-state index in [9.17, 15) is 14.9 Å². The van der Waals surface area contributed by atoms with Crippen molar-refractivity contribution in [2.24, 2.45) is 5.92 Å². The van der Waals surface area contributed by atoms with Crippen LogP contribution in [0.2, 0.25) is 0 Å². The number of oxazole rings is 1. The zero-order valence-electron chi connectivity index (χ0n) is 10.4. The molecule has 0 amide bonds. The number of thiol groups is 1. The first-order chi connectivity index (χ1) is 9.06. The Morgan fingerprint density at radius 3 is 2.84 bits per heavy atom. The van der Waals surface area contributed by atoms with Crippen LogP contribution in [0.25, 0.3) is 11.1 Å². The number of nitro groups is 1. The predicted molar refractivity (Wildman–Crippen MR) is 74.8 cm³/mol. The van der Waals surface area contributed by atoms with E-state index in [1.807, 2.05) is 6.92 Å². The molecule has 0 fully saturated rings. The molecule has 19 heavy (non-hydrogen) atoms. The molecule has 0 N–H and O–H groups in total. The third-order valence-electron chi connectivity index (χ3n) is 3.14. The Morgan fingerprint density at radius 1 is 1.53 bits per heavy atom. The fraction of sp³-hybridized carbons (Fsp3) is 0.417. The van der Waals surface area contributed by atoms with Crippen molar-refractivity contribution in [3.63, 3.8) is 0 Å². The number of hydrogen-bond acceptors (Lipinski definition) is 5. The van der Waals surface area contributed by atoms with Gasteiger partial charge in [-0.1, -0.05) is 13.3 Å². The summed E-state index contributed by atoms with van der Waals surface area (Å²) >= 11 is 4.23. The van der Waals surface area contributed by atoms with E-state index >= 15 is 0 Å². The number of nitro benzene ring substituents is 1. The van der Waals surface area contributed by atoms with Crippen molar-refractivity contribution in [3.8, 4) is 0 Å². The number of hydrogen-bond donors (Lipinski definition) is 1. The molecule has 1 unspecified atom stereocenters. The Balaban J connectivity index is 2.52. The van der Waals surface area contributed by atoms with Gasteiger partial charge >= 0.3 is 5.76 Å². The van der Waals surface area contributed by atoms with Crippen molar-refractivity contribution in [2.45, 2.75) is 19.9 Å². The van der Waals surface area contributed by atoms with E-state index in [-0.39, 0.29) is 11.6 Å². The molecule has 1 aromatic heterocycles. The second-order valence-electron chi connectivity index (χ2n) is 4.34. The van der Waals surface area contributed by atoms with E-state index in [2.05, 4.69) is 12.6 Å². The molecule has 0 saturated carbocycles. The third kappa shape index (κ3) is 2.65. The SMILES string of the molecule is CCC(CS)Cn1c(=O)oc2ccc([N+](=O)[O-])cc21. The smallest absolute Gasteiger partial charge is 0.408 e. The lowest BCUT2D eigenvalue weighted by atomic mass is 10.1. The third-order valence-corrected chi connectivity index (χ3v) is 3.65. The molecular weight excluding hydrogens is 268 g/mol. The minimum atomic E-state index is -0.490. The molecule has 0 aliphatic carbocycles. The van der Waals surface area contributed by atoms with Crippen LogP contribution in [-0.2, 0) is 6.54 Å². The molecule has 6 nitrogen and oxygen atoms in total. The van der Waals surface area contributed by atoms with Gasteiger partial charge < -0.3 is 4.42 Å². The minimum absolute atomic E-state index is 0.0547. The van der Waals surface area contributed by atoms with Crippen LogP contribution >= 0.6 is 12.6 Å². The van der Waals surface area contributed by atoms with Crippen LogP contribution in [0.15, 0.2) is 27.4 Å². The zero-order valence-corrected chi connectivity index (χ0v) is 11.3. The van der Waals surface area contributed by atoms with Crippen molar-refractivity contribution in [2.75, 3.05) is 5.75 Å². The number of non-ortho nitro benzene ring substituents is 1. The van der Waals surface area contributed by atoms with Crippen LogP contribution in [-0.4, -0.2) is 15.2 Å². The van der Waals surface area contributed by atoms with Crippen molar-refractivity contribution >= 4 is 29.4 Å². The van der Waals surface area contributed by atoms with Gasteiger partial charge in [-0.25, -0.2) is 4.79 Å². The highest BCUT2D eigenvalue weighted by Crippen LogP contribution is 2.21. The van der Waals surface area contributed by atoms with Crippen LogP contribution in [0.3, 0.4) is 0 Å². The maximum atomic E-state index is 11.8. The summed E-state index contributed by atoms with van der Waals surface area (Å²) in [5.41, 5.74) is 0.769. The average Bonchev–Trinajstić information content (AvgIpc) is 2.70. The number of benzene rings is 1. The molecule has 0 aliphatic heterocycles. The minimum Gasteiger partial charge on any atom is -0.408 e. The summed E-state index contributed by atoms with van der Waals surface area (Å²) in [4.78, 5) is 22.1. The molecule has 2 aromatic rings. The Labute approximate surface area is 114 Å². The topological polar surface area (TPSA) is 78.3 Å². The van der Waals surface area contributed by atoms with E-state index in [1.54, 1.807) is 0 Å². The van der Waals surface area contributed by atoms with Crippen LogP contribution < -0.4 is 5.76 Å². The van der Waals surface area contributed by atoms with Crippen molar-refractivity contribution < 1.29 is 9.34 Å². The van der Waals surface area contributed by atoms with Gasteiger partial charge in [0.2, 0.25) is 0 Å². The quantitative estimate of drug-likeness (QED) is 0.519. The first-order valence-electron chi connectivity index (χ1n) is 5.95. The first-order valence-corrected chi connectivity index (χ1v) is 6.58. The molecule has 1 heterocycles. The van der Waals surface area contributed by atoms with Crippen LogP contribution in [0.4, 0.5) is 5.69 Å². The molecule has 0 spiro atoms. The van der Waals surface area contributed by atoms with Gasteiger partial charge in [0, 0.05) is 18.7 Å². The molecular formula is C12H14N2O4S. The summed E-state index contributed by atoms with van der Waals surface area (Å²) in [5, 5.41) is 10.8. The van der Waals surface area contributed by atoms with Gasteiger partial charge in [0.05, 0.1) is 10.4 Å². The molecule has 2 rings (SSSR count). The highest BCUT2D eigenvalue weighted by atomic mass is 32.1. The van der Waals surface area contributed by atoms with E-state index in [1.165, 1.54) is 22.8 Å². The molecule has 7 heteroatoms. The van der Waals surface area contributed by atoms with Gasteiger partial charge in [-0.3, -0.25) is 14.7 Å². The molecule has 0 aliphatic rings. The summed E-state index contributed by atoms with van der Waals surface area (Å²) in [6, 6.07) is 4.14. The Morgan fingerprint density at radius 2 is 2.26 bits per heavy atom. The number of nitrogens with zero attached hydrogens (tertiary/aromatic N) is 2. The molecule has 0 bridgehead atoms. The van der Waals surface area contributed by atoms with Gasteiger partial charge in [-0.05, 0) is 17.7 Å². The highest BCUT2D eigenvalue weighted by Gasteiger charge is 2.16. The van der Waals surface area contributed by atoms with Crippen LogP contribution in [0.5, 0.6) is 0 Å². The maximum absolute atomic E-state index is 11.8. The molecule has 0 radical (unpaired) electrons. The predicted octanol–water partition coefficient (Wildman–Crippen LogP) is 2.46. The van der Waals surface area contributed by atoms with Gasteiger partial charge in [0.15, 0.2) is 5.58 Å². The highest BCUT2D eigenvalue weighted by molar-refractivity contribution is 7.80. The van der Waals surface area contributed by atoms with Crippen molar-refractivity contribution in [1.82, 2.24) is 4.57 Å². The standard InChI is InChI=1S/C12H14N2O4S/c1-2-8(7-19)6-13-10-5-9(14(16)17)3-4-11(10)18-12(13)15/h3-5,8,19H,2,6-7H2,1H3. The second kappa shape index (κ2) is 5.48. The van der Waals surface area contributed by atoms with Gasteiger partial charge in [0.1, 0.15) is 0 Å². The molecule has 102 valence electrons. The number of aromatic nitrogens is 1. The van der Waals surface area contributed by atoms with Crippen LogP contribution in [0.1, 0.15) is 13.3 Å². The summed E-state index contributed by atoms with van der Waals surface area (Å²) in [7, 11) is 0. The Bertz CT molecular complexity index is 657. The molecule has 1 atom stereocenters. The van der Waals surface area contributed by atoms with Gasteiger partial charge in [0.25, 0.3) is 5.69 Å². The zero-order chi connectivity index (χ0) is 14.0. The summed E-state index contributed by atoms with van der Waals surface area (Å²) in [6.45, 7) is 2.46. The van der Waals surface area contributed by atoms with Crippen LogP contribution in [0, 0.1) is 16.0 Å². The lowest BCUT2D eigenvalue weighted by Crippen LogP contribution is -2.20. The molecule has 0 saturated heterocycles. The Kier molecular flexibility index (Phi) is 3.94. The van der Waals surface area contributed by atoms with Crippen molar-refractivity contribution in [3.05, 3.63) is 38.9 Å². The fourth-order valence-corrected chi connectivity index (χ4v) is 2.28. The largest absolute Gasteiger partial charge is 0.419 e. The molecule has 1 aromatic carbocycles. The first kappa shape index (κ1) is 13.7. The normalized spacial score (nSPS) is 12.7. The summed E-state index contributed by atoms with van der Waals surface area (Å²) in [5.74, 6) is 0.377. The average molecular weight is 282 g/mol. The summed E-state index contributed by atoms with van der Waals surface area (Å²) in [6.07, 6.45) is 0.873. The van der Waals surface area contributed by atoms with Gasteiger partial charge in [-0.15, -0.1) is 0 Å². The fourth-order valence-electron chi connectivity index (χ4n) is 1.91. The number of fused-ring (bicyclic) bond motifs is 1. The van der Waals surface area contributed by atoms with E-state index in [0.29, 0.717) is 23.4 Å². The summed E-state index contributed by atoms with van der Waals surface area (Å²) < 4.78 is 6.52. The lowest BCUT2D eigenvalue weighted by Gasteiger charge is -2.11. The van der Waals surface area contributed by atoms with Gasteiger partial charge in [-0.2, -0.15) is 12.6 Å². The lowest BCUT2D eigenvalue weighted by molar-refractivity contribution is -0.384. The van der Waals surface area contributed by atoms with E-state index < -0.39 is 10.7 Å². The monoisotopic (exact) mass is 282 g/mol. The maximum Gasteiger partial charge on any atom is 0.419 e. The Hall–Kier alpha value is -1.76. The van der Waals surface area contributed by atoms with Crippen molar-refractivity contribution in [1.29, 1.82) is 0 Å². The van der Waals surface area contributed by atoms with E-state index in [0.717, 1.165) is 6.42 Å². The second-order valence-corrected chi connectivity index (χ2v) is 4.71.